The first-order chi connectivity index (χ1) is 18.0. The number of rotatable bonds is 6. The third kappa shape index (κ3) is 4.93. The Balaban J connectivity index is 1.90. The number of Topliss-reactive ketones (excluding diaryl/α,β-unsaturated/α-hetero) is 1. The number of carbonyl (C=O) groups excluding carboxylic acids is 3. The van der Waals surface area contributed by atoms with E-state index in [0.717, 1.165) is 16.9 Å². The number of hydrogen-bond acceptors (Lipinski definition) is 8. The highest BCUT2D eigenvalue weighted by Crippen LogP contribution is 2.44. The molecule has 1 amide bonds. The summed E-state index contributed by atoms with van der Waals surface area (Å²) in [6.07, 6.45) is 0. The summed E-state index contributed by atoms with van der Waals surface area (Å²) in [6.45, 7) is 9.81. The molecule has 0 bridgehead atoms. The average Bonchev–Trinajstić information content (AvgIpc) is 3.40. The number of aliphatic hydroxyl groups is 1. The summed E-state index contributed by atoms with van der Waals surface area (Å²) in [5.41, 5.74) is 2.28. The van der Waals surface area contributed by atoms with Gasteiger partial charge in [-0.25, -0.2) is 9.78 Å². The molecule has 38 heavy (non-hydrogen) atoms. The molecular formula is C29H30N2O6S. The molecule has 0 aliphatic carbocycles. The number of aryl methyl sites for hydroxylation is 1. The number of benzene rings is 2. The molecule has 1 aliphatic heterocycles. The van der Waals surface area contributed by atoms with E-state index in [9.17, 15) is 19.5 Å². The molecule has 0 spiro atoms. The third-order valence-electron chi connectivity index (χ3n) is 6.35. The van der Waals surface area contributed by atoms with Crippen LogP contribution in [0.15, 0.2) is 54.1 Å². The first-order valence-electron chi connectivity index (χ1n) is 12.2. The van der Waals surface area contributed by atoms with E-state index in [-0.39, 0.29) is 33.4 Å². The lowest BCUT2D eigenvalue weighted by Gasteiger charge is -2.24. The number of methoxy groups -OCH3 is 1. The van der Waals surface area contributed by atoms with Gasteiger partial charge in [0.15, 0.2) is 5.13 Å². The Labute approximate surface area is 225 Å². The fourth-order valence-electron chi connectivity index (χ4n) is 4.29. The van der Waals surface area contributed by atoms with Crippen LogP contribution in [0.3, 0.4) is 0 Å². The van der Waals surface area contributed by atoms with E-state index in [2.05, 4.69) is 25.8 Å². The van der Waals surface area contributed by atoms with Crippen molar-refractivity contribution < 1.29 is 29.0 Å². The third-order valence-corrected chi connectivity index (χ3v) is 7.49. The maximum absolute atomic E-state index is 13.4. The van der Waals surface area contributed by atoms with Crippen molar-refractivity contribution >= 4 is 39.9 Å². The molecule has 1 N–H and O–H groups in total. The quantitative estimate of drug-likeness (QED) is 0.191. The zero-order valence-electron chi connectivity index (χ0n) is 22.2. The number of aliphatic hydroxyl groups excluding tert-OH is 1. The summed E-state index contributed by atoms with van der Waals surface area (Å²) in [4.78, 5) is 45.3. The number of anilines is 1. The maximum atomic E-state index is 13.4. The summed E-state index contributed by atoms with van der Waals surface area (Å²) in [7, 11) is 1.53. The molecule has 1 saturated heterocycles. The van der Waals surface area contributed by atoms with Gasteiger partial charge in [-0.15, -0.1) is 0 Å². The van der Waals surface area contributed by atoms with Crippen molar-refractivity contribution in [3.63, 3.8) is 0 Å². The summed E-state index contributed by atoms with van der Waals surface area (Å²) in [5, 5.41) is 11.5. The fourth-order valence-corrected chi connectivity index (χ4v) is 5.27. The molecule has 1 aromatic heterocycles. The lowest BCUT2D eigenvalue weighted by Crippen LogP contribution is -2.29. The number of nitrogens with zero attached hydrogens (tertiary/aromatic N) is 2. The van der Waals surface area contributed by atoms with Gasteiger partial charge in [-0.1, -0.05) is 56.4 Å². The van der Waals surface area contributed by atoms with Gasteiger partial charge in [0.1, 0.15) is 16.4 Å². The first kappa shape index (κ1) is 27.1. The van der Waals surface area contributed by atoms with Crippen LogP contribution in [0.1, 0.15) is 65.8 Å². The van der Waals surface area contributed by atoms with Crippen LogP contribution >= 0.6 is 11.3 Å². The molecule has 198 valence electrons. The van der Waals surface area contributed by atoms with Crippen molar-refractivity contribution in [2.24, 2.45) is 0 Å². The first-order valence-corrected chi connectivity index (χ1v) is 13.0. The number of carbonyl (C=O) groups is 3. The van der Waals surface area contributed by atoms with Crippen LogP contribution in [0.4, 0.5) is 5.13 Å². The Morgan fingerprint density at radius 3 is 2.26 bits per heavy atom. The topological polar surface area (TPSA) is 106 Å². The van der Waals surface area contributed by atoms with Crippen LogP contribution in [0.5, 0.6) is 5.75 Å². The van der Waals surface area contributed by atoms with Crippen molar-refractivity contribution in [1.29, 1.82) is 0 Å². The highest BCUT2D eigenvalue weighted by molar-refractivity contribution is 7.17. The molecule has 9 heteroatoms. The number of esters is 1. The normalized spacial score (nSPS) is 17.1. The molecule has 1 atom stereocenters. The molecule has 2 aromatic carbocycles. The van der Waals surface area contributed by atoms with Gasteiger partial charge in [-0.2, -0.15) is 0 Å². The Morgan fingerprint density at radius 2 is 1.71 bits per heavy atom. The number of aromatic nitrogens is 1. The Hall–Kier alpha value is -3.98. The molecule has 1 fully saturated rings. The SMILES string of the molecule is CCOC(=O)c1sc(N2C(=O)C(=O)/C(=C(/O)c3ccc(OC)cc3)C2c2ccc(C(C)(C)C)cc2)nc1C. The largest absolute Gasteiger partial charge is 0.507 e. The summed E-state index contributed by atoms with van der Waals surface area (Å²) in [5.74, 6) is -1.95. The molecule has 1 aliphatic rings. The Morgan fingerprint density at radius 1 is 1.08 bits per heavy atom. The highest BCUT2D eigenvalue weighted by Gasteiger charge is 2.48. The minimum atomic E-state index is -0.952. The second kappa shape index (κ2) is 10.4. The van der Waals surface area contributed by atoms with Gasteiger partial charge in [-0.3, -0.25) is 14.5 Å². The number of hydrogen-bond donors (Lipinski definition) is 1. The number of thiazole rings is 1. The molecule has 2 heterocycles. The molecule has 8 nitrogen and oxygen atoms in total. The van der Waals surface area contributed by atoms with E-state index >= 15 is 0 Å². The standard InChI is InChI=1S/C29H30N2O6S/c1-7-37-27(35)25-16(2)30-28(38-25)31-22(17-8-12-19(13-9-17)29(3,4)5)21(24(33)26(31)34)23(32)18-10-14-20(36-6)15-11-18/h8-15,22,32H,7H2,1-6H3/b23-21+. The lowest BCUT2D eigenvalue weighted by molar-refractivity contribution is -0.132. The highest BCUT2D eigenvalue weighted by atomic mass is 32.1. The van der Waals surface area contributed by atoms with Gasteiger partial charge >= 0.3 is 11.9 Å². The average molecular weight is 535 g/mol. The summed E-state index contributed by atoms with van der Waals surface area (Å²) < 4.78 is 10.3. The van der Waals surface area contributed by atoms with E-state index in [1.54, 1.807) is 38.1 Å². The van der Waals surface area contributed by atoms with Crippen molar-refractivity contribution in [2.75, 3.05) is 18.6 Å². The summed E-state index contributed by atoms with van der Waals surface area (Å²) in [6, 6.07) is 13.2. The molecule has 0 saturated carbocycles. The zero-order valence-corrected chi connectivity index (χ0v) is 23.0. The van der Waals surface area contributed by atoms with Gasteiger partial charge in [0.05, 0.1) is 31.0 Å². The summed E-state index contributed by atoms with van der Waals surface area (Å²) >= 11 is 0.977. The second-order valence-electron chi connectivity index (χ2n) is 9.90. The van der Waals surface area contributed by atoms with Gasteiger partial charge in [-0.05, 0) is 54.7 Å². The fraction of sp³-hybridized carbons (Fsp3) is 0.310. The monoisotopic (exact) mass is 534 g/mol. The predicted octanol–water partition coefficient (Wildman–Crippen LogP) is 5.56. The van der Waals surface area contributed by atoms with E-state index in [1.807, 2.05) is 24.3 Å². The molecule has 4 rings (SSSR count). The predicted molar refractivity (Wildman–Crippen MR) is 146 cm³/mol. The van der Waals surface area contributed by atoms with E-state index < -0.39 is 23.7 Å². The van der Waals surface area contributed by atoms with Crippen molar-refractivity contribution in [3.05, 3.63) is 81.4 Å². The van der Waals surface area contributed by atoms with Gasteiger partial charge in [0, 0.05) is 5.56 Å². The zero-order chi connectivity index (χ0) is 27.8. The van der Waals surface area contributed by atoms with Crippen molar-refractivity contribution in [1.82, 2.24) is 4.98 Å². The van der Waals surface area contributed by atoms with Gasteiger partial charge in [0.25, 0.3) is 5.78 Å². The van der Waals surface area contributed by atoms with Crippen LogP contribution in [0, 0.1) is 6.92 Å². The molecular weight excluding hydrogens is 504 g/mol. The Kier molecular flexibility index (Phi) is 7.42. The van der Waals surface area contributed by atoms with Crippen LogP contribution in [-0.4, -0.2) is 41.5 Å². The van der Waals surface area contributed by atoms with E-state index in [4.69, 9.17) is 9.47 Å². The molecule has 0 radical (unpaired) electrons. The number of ketones is 1. The van der Waals surface area contributed by atoms with Gasteiger partial charge < -0.3 is 14.6 Å². The van der Waals surface area contributed by atoms with E-state index in [1.165, 1.54) is 12.0 Å². The van der Waals surface area contributed by atoms with Crippen LogP contribution in [-0.2, 0) is 19.7 Å². The lowest BCUT2D eigenvalue weighted by atomic mass is 9.85. The minimum Gasteiger partial charge on any atom is -0.507 e. The molecule has 1 unspecified atom stereocenters. The molecule has 3 aromatic rings. The number of ether oxygens (including phenoxy) is 2. The van der Waals surface area contributed by atoms with Crippen LogP contribution in [0.2, 0.25) is 0 Å². The van der Waals surface area contributed by atoms with Crippen LogP contribution in [0.25, 0.3) is 5.76 Å². The Bertz CT molecular complexity index is 1410. The minimum absolute atomic E-state index is 0.0609. The maximum Gasteiger partial charge on any atom is 0.350 e. The smallest absolute Gasteiger partial charge is 0.350 e. The van der Waals surface area contributed by atoms with Crippen molar-refractivity contribution in [2.45, 2.75) is 46.1 Å². The number of amides is 1. The van der Waals surface area contributed by atoms with Gasteiger partial charge in [0.2, 0.25) is 0 Å². The van der Waals surface area contributed by atoms with Crippen LogP contribution < -0.4 is 9.64 Å². The second-order valence-corrected chi connectivity index (χ2v) is 10.9. The van der Waals surface area contributed by atoms with E-state index in [0.29, 0.717) is 22.6 Å². The van der Waals surface area contributed by atoms with Crippen molar-refractivity contribution in [3.8, 4) is 5.75 Å².